The van der Waals surface area contributed by atoms with Crippen molar-refractivity contribution in [1.29, 1.82) is 0 Å². The molecule has 0 radical (unpaired) electrons. The molecule has 2 amide bonds. The number of benzene rings is 1. The third kappa shape index (κ3) is 4.92. The molecule has 0 saturated carbocycles. The molecule has 0 bridgehead atoms. The fourth-order valence-electron chi connectivity index (χ4n) is 5.07. The van der Waals surface area contributed by atoms with Crippen LogP contribution in [0.1, 0.15) is 44.0 Å². The molecule has 3 heterocycles. The Hall–Kier alpha value is -2.45. The van der Waals surface area contributed by atoms with Gasteiger partial charge in [-0.05, 0) is 43.1 Å². The van der Waals surface area contributed by atoms with Gasteiger partial charge in [-0.15, -0.1) is 0 Å². The summed E-state index contributed by atoms with van der Waals surface area (Å²) in [5, 5.41) is 2.97. The van der Waals surface area contributed by atoms with E-state index >= 15 is 0 Å². The second kappa shape index (κ2) is 10.2. The van der Waals surface area contributed by atoms with Crippen molar-refractivity contribution in [2.75, 3.05) is 50.8 Å². The number of nitrogens with zero attached hydrogens (tertiary/aromatic N) is 3. The molecule has 4 rings (SSSR count). The number of ketones is 1. The third-order valence-corrected chi connectivity index (χ3v) is 7.47. The van der Waals surface area contributed by atoms with E-state index in [4.69, 9.17) is 4.74 Å². The van der Waals surface area contributed by atoms with Gasteiger partial charge in [0.1, 0.15) is 18.7 Å². The average Bonchev–Trinajstić information content (AvgIpc) is 3.44. The van der Waals surface area contributed by atoms with Crippen molar-refractivity contribution < 1.29 is 19.1 Å². The topological polar surface area (TPSA) is 82.2 Å². The van der Waals surface area contributed by atoms with Crippen LogP contribution < -0.4 is 10.2 Å². The maximum atomic E-state index is 13.4. The van der Waals surface area contributed by atoms with Crippen LogP contribution >= 0.6 is 0 Å². The van der Waals surface area contributed by atoms with Crippen molar-refractivity contribution in [2.45, 2.75) is 51.8 Å². The van der Waals surface area contributed by atoms with Crippen LogP contribution in [-0.2, 0) is 14.3 Å². The van der Waals surface area contributed by atoms with Gasteiger partial charge in [0.05, 0.1) is 6.10 Å². The Labute approximate surface area is 196 Å². The molecule has 1 unspecified atom stereocenters. The predicted molar refractivity (Wildman–Crippen MR) is 126 cm³/mol. The Morgan fingerprint density at radius 3 is 2.42 bits per heavy atom. The molecule has 8 nitrogen and oxygen atoms in total. The highest BCUT2D eigenvalue weighted by molar-refractivity contribution is 5.99. The second-order valence-corrected chi connectivity index (χ2v) is 9.39. The van der Waals surface area contributed by atoms with Gasteiger partial charge in [0.25, 0.3) is 5.91 Å². The number of Topliss-reactive ketones (excluding diaryl/α,β-unsaturated/α-hetero) is 1. The molecule has 1 N–H and O–H groups in total. The summed E-state index contributed by atoms with van der Waals surface area (Å²) in [5.74, 6) is -0.544. The van der Waals surface area contributed by atoms with Crippen LogP contribution in [0.4, 0.5) is 5.69 Å². The first-order valence-electron chi connectivity index (χ1n) is 12.3. The Bertz CT molecular complexity index is 866. The number of likely N-dealkylation sites (N-methyl/N-ethyl adjacent to an activating group) is 1. The fraction of sp³-hybridized carbons (Fsp3) is 0.640. The van der Waals surface area contributed by atoms with E-state index in [1.807, 2.05) is 38.1 Å². The number of amides is 2. The monoisotopic (exact) mass is 456 g/mol. The van der Waals surface area contributed by atoms with E-state index in [9.17, 15) is 14.4 Å². The van der Waals surface area contributed by atoms with Gasteiger partial charge in [-0.3, -0.25) is 14.4 Å². The molecular weight excluding hydrogens is 420 g/mol. The van der Waals surface area contributed by atoms with Crippen molar-refractivity contribution in [3.05, 3.63) is 29.8 Å². The van der Waals surface area contributed by atoms with Crippen LogP contribution in [0.25, 0.3) is 0 Å². The number of hydrogen-bond donors (Lipinski definition) is 1. The normalized spacial score (nSPS) is 25.1. The lowest BCUT2D eigenvalue weighted by Crippen LogP contribution is -2.54. The molecule has 0 aromatic heterocycles. The minimum Gasteiger partial charge on any atom is -0.369 e. The van der Waals surface area contributed by atoms with Crippen LogP contribution in [0.5, 0.6) is 0 Å². The maximum Gasteiger partial charge on any atom is 0.251 e. The molecule has 3 saturated heterocycles. The number of fused-ring (bicyclic) bond motifs is 1. The molecule has 3 fully saturated rings. The minimum absolute atomic E-state index is 0.0459. The van der Waals surface area contributed by atoms with Gasteiger partial charge in [-0.25, -0.2) is 0 Å². The molecule has 1 aromatic rings. The highest BCUT2D eigenvalue weighted by Gasteiger charge is 2.48. The maximum absolute atomic E-state index is 13.4. The number of rotatable bonds is 7. The van der Waals surface area contributed by atoms with Crippen molar-refractivity contribution in [1.82, 2.24) is 15.1 Å². The Balaban J connectivity index is 1.42. The van der Waals surface area contributed by atoms with Crippen LogP contribution in [-0.4, -0.2) is 91.5 Å². The SMILES string of the molecule is CC[C@H](C)C(NC(=O)c1ccc(N2CCN(CC)CC2)cc1)C(=O)N1CC[C@H]2OCC(=O)[C@H]21. The molecule has 180 valence electrons. The Morgan fingerprint density at radius 2 is 1.79 bits per heavy atom. The minimum atomic E-state index is -0.670. The molecule has 8 heteroatoms. The lowest BCUT2D eigenvalue weighted by molar-refractivity contribution is -0.139. The summed E-state index contributed by atoms with van der Waals surface area (Å²) in [6, 6.07) is 6.45. The number of nitrogens with one attached hydrogen (secondary N) is 1. The van der Waals surface area contributed by atoms with E-state index in [1.165, 1.54) is 0 Å². The van der Waals surface area contributed by atoms with E-state index in [0.717, 1.165) is 44.8 Å². The summed E-state index contributed by atoms with van der Waals surface area (Å²) in [6.45, 7) is 11.8. The van der Waals surface area contributed by atoms with E-state index in [-0.39, 0.29) is 36.2 Å². The van der Waals surface area contributed by atoms with Crippen LogP contribution in [0.2, 0.25) is 0 Å². The highest BCUT2D eigenvalue weighted by Crippen LogP contribution is 2.28. The van der Waals surface area contributed by atoms with Crippen molar-refractivity contribution in [2.24, 2.45) is 5.92 Å². The first-order valence-corrected chi connectivity index (χ1v) is 12.3. The lowest BCUT2D eigenvalue weighted by Gasteiger charge is -2.35. The van der Waals surface area contributed by atoms with E-state index < -0.39 is 12.1 Å². The second-order valence-electron chi connectivity index (χ2n) is 9.39. The standard InChI is InChI=1S/C25H36N4O4/c1-4-17(3)22(25(32)29-11-10-21-23(29)20(30)16-33-21)26-24(31)18-6-8-19(9-7-18)28-14-12-27(5-2)13-15-28/h6-9,17,21-23H,4-5,10-16H2,1-3H3,(H,26,31)/t17-,21+,22?,23+/m0/s1. The quantitative estimate of drug-likeness (QED) is 0.670. The number of anilines is 1. The molecule has 0 spiro atoms. The number of likely N-dealkylation sites (tertiary alicyclic amines) is 1. The van der Waals surface area contributed by atoms with Gasteiger partial charge in [0, 0.05) is 44.0 Å². The zero-order valence-electron chi connectivity index (χ0n) is 20.0. The molecule has 4 atom stereocenters. The summed E-state index contributed by atoms with van der Waals surface area (Å²) in [6.07, 6.45) is 1.20. The van der Waals surface area contributed by atoms with E-state index in [0.29, 0.717) is 18.5 Å². The van der Waals surface area contributed by atoms with Crippen LogP contribution in [0.3, 0.4) is 0 Å². The number of piperazine rings is 1. The summed E-state index contributed by atoms with van der Waals surface area (Å²) < 4.78 is 5.52. The molecular formula is C25H36N4O4. The number of carbonyl (C=O) groups excluding carboxylic acids is 3. The molecule has 33 heavy (non-hydrogen) atoms. The molecule has 3 aliphatic rings. The summed E-state index contributed by atoms with van der Waals surface area (Å²) in [5.41, 5.74) is 1.64. The largest absolute Gasteiger partial charge is 0.369 e. The number of carbonyl (C=O) groups is 3. The summed E-state index contributed by atoms with van der Waals surface area (Å²) in [4.78, 5) is 45.1. The van der Waals surface area contributed by atoms with Crippen LogP contribution in [0, 0.1) is 5.92 Å². The fourth-order valence-corrected chi connectivity index (χ4v) is 5.07. The van der Waals surface area contributed by atoms with Gasteiger partial charge in [0.15, 0.2) is 5.78 Å². The number of hydrogen-bond acceptors (Lipinski definition) is 6. The molecule has 3 aliphatic heterocycles. The first kappa shape index (κ1) is 23.7. The summed E-state index contributed by atoms with van der Waals surface area (Å²) in [7, 11) is 0. The lowest BCUT2D eigenvalue weighted by atomic mass is 9.96. The zero-order valence-corrected chi connectivity index (χ0v) is 20.0. The molecule has 0 aliphatic carbocycles. The van der Waals surface area contributed by atoms with Gasteiger partial charge in [-0.1, -0.05) is 27.2 Å². The number of ether oxygens (including phenoxy) is 1. The van der Waals surface area contributed by atoms with Gasteiger partial charge in [-0.2, -0.15) is 0 Å². The highest BCUT2D eigenvalue weighted by atomic mass is 16.5. The van der Waals surface area contributed by atoms with Crippen LogP contribution in [0.15, 0.2) is 24.3 Å². The van der Waals surface area contributed by atoms with Gasteiger partial charge in [0.2, 0.25) is 5.91 Å². The van der Waals surface area contributed by atoms with Crippen molar-refractivity contribution in [3.8, 4) is 0 Å². The van der Waals surface area contributed by atoms with Gasteiger partial charge >= 0.3 is 0 Å². The van der Waals surface area contributed by atoms with E-state index in [2.05, 4.69) is 22.0 Å². The summed E-state index contributed by atoms with van der Waals surface area (Å²) >= 11 is 0. The van der Waals surface area contributed by atoms with E-state index in [1.54, 1.807) is 4.90 Å². The van der Waals surface area contributed by atoms with Gasteiger partial charge < -0.3 is 24.8 Å². The smallest absolute Gasteiger partial charge is 0.251 e. The predicted octanol–water partition coefficient (Wildman–Crippen LogP) is 1.54. The van der Waals surface area contributed by atoms with Crippen molar-refractivity contribution in [3.63, 3.8) is 0 Å². The van der Waals surface area contributed by atoms with Crippen molar-refractivity contribution >= 4 is 23.3 Å². The third-order valence-electron chi connectivity index (χ3n) is 7.47. The Kier molecular flexibility index (Phi) is 7.34. The average molecular weight is 457 g/mol. The zero-order chi connectivity index (χ0) is 23.5. The Morgan fingerprint density at radius 1 is 1.09 bits per heavy atom. The molecule has 1 aromatic carbocycles. The first-order chi connectivity index (χ1) is 15.9.